The topological polar surface area (TPSA) is 54.7 Å². The van der Waals surface area contributed by atoms with Crippen LogP contribution in [0.25, 0.3) is 0 Å². The highest BCUT2D eigenvalue weighted by molar-refractivity contribution is 14.0. The second kappa shape index (κ2) is 11.9. The van der Waals surface area contributed by atoms with E-state index in [0.29, 0.717) is 6.61 Å². The molecule has 6 nitrogen and oxygen atoms in total. The van der Waals surface area contributed by atoms with Crippen LogP contribution in [0, 0.1) is 25.7 Å². The van der Waals surface area contributed by atoms with Crippen LogP contribution in [-0.4, -0.2) is 54.5 Å². The average Bonchev–Trinajstić information content (AvgIpc) is 3.21. The monoisotopic (exact) mass is 491 g/mol. The van der Waals surface area contributed by atoms with Crippen molar-refractivity contribution in [1.82, 2.24) is 20.0 Å². The summed E-state index contributed by atoms with van der Waals surface area (Å²) >= 11 is 0. The molecule has 1 aromatic rings. The van der Waals surface area contributed by atoms with E-state index in [1.165, 1.54) is 30.5 Å². The Morgan fingerprint density at radius 3 is 2.63 bits per heavy atom. The summed E-state index contributed by atoms with van der Waals surface area (Å²) in [4.78, 5) is 6.95. The van der Waals surface area contributed by atoms with Gasteiger partial charge in [-0.2, -0.15) is 5.10 Å². The summed E-state index contributed by atoms with van der Waals surface area (Å²) in [7, 11) is 3.61. The summed E-state index contributed by atoms with van der Waals surface area (Å²) in [5.74, 6) is 2.65. The summed E-state index contributed by atoms with van der Waals surface area (Å²) in [6.45, 7) is 13.3. The van der Waals surface area contributed by atoms with Gasteiger partial charge in [0.05, 0.1) is 18.8 Å². The Balaban J connectivity index is 0.00000364. The van der Waals surface area contributed by atoms with Crippen LogP contribution in [0.4, 0.5) is 0 Å². The van der Waals surface area contributed by atoms with Crippen LogP contribution in [-0.2, 0) is 17.8 Å². The molecule has 27 heavy (non-hydrogen) atoms. The fraction of sp³-hybridized carbons (Fsp3) is 0.800. The van der Waals surface area contributed by atoms with Crippen LogP contribution in [0.15, 0.2) is 4.99 Å². The number of nitrogens with one attached hydrogen (secondary N) is 1. The first-order valence-electron chi connectivity index (χ1n) is 10.0. The van der Waals surface area contributed by atoms with Gasteiger partial charge in [0.25, 0.3) is 0 Å². The molecular formula is C20H38IN5O. The molecule has 1 fully saturated rings. The van der Waals surface area contributed by atoms with Gasteiger partial charge >= 0.3 is 0 Å². The van der Waals surface area contributed by atoms with Gasteiger partial charge < -0.3 is 15.0 Å². The fourth-order valence-corrected chi connectivity index (χ4v) is 4.20. The fourth-order valence-electron chi connectivity index (χ4n) is 4.20. The highest BCUT2D eigenvalue weighted by Gasteiger charge is 2.29. The van der Waals surface area contributed by atoms with Gasteiger partial charge in [0.1, 0.15) is 0 Å². The molecule has 1 aliphatic rings. The molecule has 1 atom stereocenters. The largest absolute Gasteiger partial charge is 0.383 e. The minimum Gasteiger partial charge on any atom is -0.383 e. The minimum atomic E-state index is 0. The van der Waals surface area contributed by atoms with Crippen LogP contribution in [0.5, 0.6) is 0 Å². The van der Waals surface area contributed by atoms with E-state index in [1.54, 1.807) is 7.11 Å². The standard InChI is InChI=1S/C20H37N5O.HI/c1-7-17(8-2)18-9-10-24(14-18)20(21-5)22-13-19-15(3)23-25(16(19)4)11-12-26-6;/h17-18H,7-14H2,1-6H3,(H,21,22);1H. The molecule has 0 amide bonds. The molecule has 0 aromatic carbocycles. The molecule has 1 saturated heterocycles. The van der Waals surface area contributed by atoms with Crippen LogP contribution in [0.1, 0.15) is 50.1 Å². The second-order valence-electron chi connectivity index (χ2n) is 7.34. The van der Waals surface area contributed by atoms with Gasteiger partial charge in [-0.25, -0.2) is 0 Å². The number of methoxy groups -OCH3 is 1. The van der Waals surface area contributed by atoms with Crippen LogP contribution in [0.3, 0.4) is 0 Å². The Hall–Kier alpha value is -0.830. The van der Waals surface area contributed by atoms with Gasteiger partial charge in [-0.3, -0.25) is 9.67 Å². The van der Waals surface area contributed by atoms with E-state index in [-0.39, 0.29) is 24.0 Å². The van der Waals surface area contributed by atoms with E-state index in [0.717, 1.165) is 49.7 Å². The zero-order chi connectivity index (χ0) is 19.1. The van der Waals surface area contributed by atoms with E-state index in [9.17, 15) is 0 Å². The van der Waals surface area contributed by atoms with E-state index in [4.69, 9.17) is 4.74 Å². The number of aliphatic imine (C=N–C) groups is 1. The van der Waals surface area contributed by atoms with Crippen molar-refractivity contribution in [2.45, 2.75) is 60.0 Å². The molecule has 0 spiro atoms. The van der Waals surface area contributed by atoms with Gasteiger partial charge in [-0.1, -0.05) is 26.7 Å². The summed E-state index contributed by atoms with van der Waals surface area (Å²) in [5, 5.41) is 8.22. The Bertz CT molecular complexity index is 597. The summed E-state index contributed by atoms with van der Waals surface area (Å²) in [6.07, 6.45) is 3.83. The Morgan fingerprint density at radius 2 is 2.04 bits per heavy atom. The van der Waals surface area contributed by atoms with Crippen LogP contribution in [0.2, 0.25) is 0 Å². The third kappa shape index (κ3) is 6.07. The third-order valence-corrected chi connectivity index (χ3v) is 5.91. The van der Waals surface area contributed by atoms with Crippen molar-refractivity contribution in [1.29, 1.82) is 0 Å². The molecule has 1 unspecified atom stereocenters. The number of likely N-dealkylation sites (tertiary alicyclic amines) is 1. The number of hydrogen-bond acceptors (Lipinski definition) is 3. The lowest BCUT2D eigenvalue weighted by atomic mass is 9.87. The number of rotatable bonds is 8. The molecule has 156 valence electrons. The maximum atomic E-state index is 5.18. The number of nitrogens with zero attached hydrogens (tertiary/aromatic N) is 4. The molecule has 1 aromatic heterocycles. The van der Waals surface area contributed by atoms with Gasteiger partial charge in [-0.05, 0) is 32.1 Å². The van der Waals surface area contributed by atoms with E-state index >= 15 is 0 Å². The van der Waals surface area contributed by atoms with E-state index < -0.39 is 0 Å². The van der Waals surface area contributed by atoms with Crippen molar-refractivity contribution in [2.75, 3.05) is 33.9 Å². The Labute approximate surface area is 182 Å². The zero-order valence-corrected chi connectivity index (χ0v) is 20.2. The molecule has 0 radical (unpaired) electrons. The molecule has 2 heterocycles. The van der Waals surface area contributed by atoms with Gasteiger partial charge in [0, 0.05) is 45.0 Å². The number of aromatic nitrogens is 2. The molecule has 0 saturated carbocycles. The molecule has 0 aliphatic carbocycles. The first kappa shape index (κ1) is 24.2. The van der Waals surface area contributed by atoms with Crippen LogP contribution < -0.4 is 5.32 Å². The van der Waals surface area contributed by atoms with Crippen molar-refractivity contribution < 1.29 is 4.74 Å². The number of guanidine groups is 1. The van der Waals surface area contributed by atoms with Crippen molar-refractivity contribution in [3.05, 3.63) is 17.0 Å². The SMILES string of the molecule is CCC(CC)C1CCN(C(=NC)NCc2c(C)nn(CCOC)c2C)C1.I. The first-order valence-corrected chi connectivity index (χ1v) is 10.0. The van der Waals surface area contributed by atoms with Gasteiger partial charge in [0.2, 0.25) is 0 Å². The normalized spacial score (nSPS) is 17.5. The van der Waals surface area contributed by atoms with Crippen molar-refractivity contribution in [2.24, 2.45) is 16.8 Å². The molecule has 0 bridgehead atoms. The number of ether oxygens (including phenoxy) is 1. The predicted molar refractivity (Wildman–Crippen MR) is 123 cm³/mol. The molecular weight excluding hydrogens is 453 g/mol. The predicted octanol–water partition coefficient (Wildman–Crippen LogP) is 3.60. The minimum absolute atomic E-state index is 0. The molecule has 1 aliphatic heterocycles. The molecule has 7 heteroatoms. The molecule has 2 rings (SSSR count). The highest BCUT2D eigenvalue weighted by atomic mass is 127. The van der Waals surface area contributed by atoms with Crippen molar-refractivity contribution >= 4 is 29.9 Å². The summed E-state index contributed by atoms with van der Waals surface area (Å²) in [6, 6.07) is 0. The molecule has 1 N–H and O–H groups in total. The quantitative estimate of drug-likeness (QED) is 0.343. The summed E-state index contributed by atoms with van der Waals surface area (Å²) < 4.78 is 7.22. The lowest BCUT2D eigenvalue weighted by Crippen LogP contribution is -2.40. The van der Waals surface area contributed by atoms with E-state index in [1.807, 2.05) is 11.7 Å². The lowest BCUT2D eigenvalue weighted by molar-refractivity contribution is 0.182. The lowest BCUT2D eigenvalue weighted by Gasteiger charge is -2.24. The van der Waals surface area contributed by atoms with Gasteiger partial charge in [-0.15, -0.1) is 24.0 Å². The Kier molecular flexibility index (Phi) is 10.7. The maximum absolute atomic E-state index is 5.18. The number of halogens is 1. The zero-order valence-electron chi connectivity index (χ0n) is 17.9. The third-order valence-electron chi connectivity index (χ3n) is 5.91. The summed E-state index contributed by atoms with van der Waals surface area (Å²) in [5.41, 5.74) is 3.55. The smallest absolute Gasteiger partial charge is 0.193 e. The van der Waals surface area contributed by atoms with Gasteiger partial charge in [0.15, 0.2) is 5.96 Å². The second-order valence-corrected chi connectivity index (χ2v) is 7.34. The van der Waals surface area contributed by atoms with E-state index in [2.05, 4.69) is 48.0 Å². The number of aryl methyl sites for hydroxylation is 1. The highest BCUT2D eigenvalue weighted by Crippen LogP contribution is 2.28. The maximum Gasteiger partial charge on any atom is 0.193 e. The van der Waals surface area contributed by atoms with Crippen molar-refractivity contribution in [3.63, 3.8) is 0 Å². The van der Waals surface area contributed by atoms with Crippen LogP contribution >= 0.6 is 24.0 Å². The average molecular weight is 491 g/mol. The first-order chi connectivity index (χ1) is 12.5. The van der Waals surface area contributed by atoms with Crippen molar-refractivity contribution in [3.8, 4) is 0 Å². The number of hydrogen-bond donors (Lipinski definition) is 1. The Morgan fingerprint density at radius 1 is 1.33 bits per heavy atom.